The summed E-state index contributed by atoms with van der Waals surface area (Å²) in [5.41, 5.74) is -1.59. The summed E-state index contributed by atoms with van der Waals surface area (Å²) in [5, 5.41) is 5.84. The van der Waals surface area contributed by atoms with Crippen LogP contribution in [0.4, 0.5) is 8.78 Å². The van der Waals surface area contributed by atoms with Gasteiger partial charge in [-0.1, -0.05) is 23.2 Å². The van der Waals surface area contributed by atoms with Gasteiger partial charge in [0.05, 0.1) is 15.6 Å². The van der Waals surface area contributed by atoms with E-state index >= 15 is 0 Å². The van der Waals surface area contributed by atoms with Crippen molar-refractivity contribution in [1.29, 1.82) is 0 Å². The molecule has 9 nitrogen and oxygen atoms in total. The van der Waals surface area contributed by atoms with Gasteiger partial charge in [-0.15, -0.1) is 0 Å². The molecule has 0 radical (unpaired) electrons. The summed E-state index contributed by atoms with van der Waals surface area (Å²) in [6.45, 7) is 1.05. The van der Waals surface area contributed by atoms with Crippen molar-refractivity contribution >= 4 is 41.0 Å². The number of carbonyl (C=O) groups is 3. The van der Waals surface area contributed by atoms with Crippen molar-refractivity contribution in [1.82, 2.24) is 10.6 Å². The van der Waals surface area contributed by atoms with E-state index < -0.39 is 53.2 Å². The Morgan fingerprint density at radius 1 is 0.854 bits per heavy atom. The molecule has 0 saturated heterocycles. The first kappa shape index (κ1) is 30.8. The molecule has 3 aliphatic carbocycles. The maximum atomic E-state index is 13.7. The number of halogens is 4. The highest BCUT2D eigenvalue weighted by atomic mass is 35.5. The van der Waals surface area contributed by atoms with E-state index in [0.29, 0.717) is 32.3 Å². The second kappa shape index (κ2) is 13.2. The molecule has 2 amide bonds. The first-order valence-electron chi connectivity index (χ1n) is 13.1. The Labute approximate surface area is 245 Å². The molecule has 2 aromatic carbocycles. The van der Waals surface area contributed by atoms with Gasteiger partial charge in [-0.2, -0.15) is 0 Å². The third-order valence-electron chi connectivity index (χ3n) is 7.30. The summed E-state index contributed by atoms with van der Waals surface area (Å²) in [6.07, 6.45) is 1.29. The number of hydrogen-bond acceptors (Lipinski definition) is 7. The molecule has 3 aliphatic rings. The number of esters is 1. The van der Waals surface area contributed by atoms with Gasteiger partial charge in [-0.25, -0.2) is 13.6 Å². The Balaban J connectivity index is 1.40. The summed E-state index contributed by atoms with van der Waals surface area (Å²) in [7, 11) is 0. The van der Waals surface area contributed by atoms with E-state index in [1.165, 1.54) is 24.3 Å². The van der Waals surface area contributed by atoms with Crippen molar-refractivity contribution in [2.75, 3.05) is 26.4 Å². The van der Waals surface area contributed by atoms with Crippen LogP contribution in [0.25, 0.3) is 0 Å². The molecule has 1 atom stereocenters. The molecule has 0 aliphatic heterocycles. The summed E-state index contributed by atoms with van der Waals surface area (Å²) in [6, 6.07) is 7.73. The van der Waals surface area contributed by atoms with Crippen LogP contribution in [-0.2, 0) is 23.9 Å². The van der Waals surface area contributed by atoms with Crippen LogP contribution in [0.15, 0.2) is 36.4 Å². The molecule has 5 rings (SSSR count). The summed E-state index contributed by atoms with van der Waals surface area (Å²) in [4.78, 5) is 38.2. The van der Waals surface area contributed by atoms with Crippen LogP contribution in [0.1, 0.15) is 39.0 Å². The zero-order valence-electron chi connectivity index (χ0n) is 22.3. The van der Waals surface area contributed by atoms with Crippen molar-refractivity contribution in [3.63, 3.8) is 0 Å². The zero-order chi connectivity index (χ0) is 29.6. The van der Waals surface area contributed by atoms with Crippen LogP contribution in [0.3, 0.4) is 0 Å². The van der Waals surface area contributed by atoms with Gasteiger partial charge in [-0.05, 0) is 56.9 Å². The zero-order valence-corrected chi connectivity index (χ0v) is 23.8. The van der Waals surface area contributed by atoms with Gasteiger partial charge in [0.1, 0.15) is 35.8 Å². The minimum absolute atomic E-state index is 0.0592. The van der Waals surface area contributed by atoms with Crippen molar-refractivity contribution < 1.29 is 42.1 Å². The Morgan fingerprint density at radius 2 is 1.39 bits per heavy atom. The molecule has 2 bridgehead atoms. The van der Waals surface area contributed by atoms with E-state index in [9.17, 15) is 23.2 Å². The standard InChI is InChI=1S/C28H30Cl2F2N2O7/c1-2-38-16-26(37)41-23-13-27(33-24(35)14-39-17-3-5-19(29)21(31)11-17)7-9-28(23,10-8-27)34-25(36)15-40-18-4-6-20(30)22(32)12-18/h3-6,11-12,23H,2,7-10,13-16H2,1H3,(H,33,35)(H,34,36)/t23-,27?,28?/m1/s1. The monoisotopic (exact) mass is 614 g/mol. The first-order valence-corrected chi connectivity index (χ1v) is 13.8. The molecular weight excluding hydrogens is 585 g/mol. The lowest BCUT2D eigenvalue weighted by atomic mass is 9.59. The second-order valence-electron chi connectivity index (χ2n) is 10.1. The number of benzene rings is 2. The molecule has 0 aromatic heterocycles. The van der Waals surface area contributed by atoms with Gasteiger partial charge in [-0.3, -0.25) is 9.59 Å². The van der Waals surface area contributed by atoms with E-state index in [1.807, 2.05) is 0 Å². The van der Waals surface area contributed by atoms with E-state index in [2.05, 4.69) is 10.6 Å². The maximum absolute atomic E-state index is 13.7. The quantitative estimate of drug-likeness (QED) is 0.342. The highest BCUT2D eigenvalue weighted by Crippen LogP contribution is 2.48. The molecule has 3 saturated carbocycles. The lowest BCUT2D eigenvalue weighted by molar-refractivity contribution is -0.171. The van der Waals surface area contributed by atoms with Crippen molar-refractivity contribution in [3.05, 3.63) is 58.1 Å². The van der Waals surface area contributed by atoms with Crippen molar-refractivity contribution in [3.8, 4) is 11.5 Å². The van der Waals surface area contributed by atoms with Crippen molar-refractivity contribution in [2.24, 2.45) is 0 Å². The number of rotatable bonds is 12. The van der Waals surface area contributed by atoms with Gasteiger partial charge in [0.2, 0.25) is 0 Å². The fourth-order valence-electron chi connectivity index (χ4n) is 5.24. The molecule has 0 spiro atoms. The van der Waals surface area contributed by atoms with Gasteiger partial charge in [0.25, 0.3) is 11.8 Å². The fourth-order valence-corrected chi connectivity index (χ4v) is 5.48. The van der Waals surface area contributed by atoms with E-state index in [0.717, 1.165) is 12.1 Å². The molecule has 2 aromatic rings. The number of amides is 2. The number of hydrogen-bond donors (Lipinski definition) is 2. The topological polar surface area (TPSA) is 112 Å². The predicted octanol–water partition coefficient (Wildman–Crippen LogP) is 4.37. The lowest BCUT2D eigenvalue weighted by Gasteiger charge is -2.57. The third-order valence-corrected chi connectivity index (χ3v) is 7.92. The third kappa shape index (κ3) is 7.78. The molecule has 41 heavy (non-hydrogen) atoms. The van der Waals surface area contributed by atoms with Gasteiger partial charge < -0.3 is 29.6 Å². The normalized spacial score (nSPS) is 23.0. The highest BCUT2D eigenvalue weighted by Gasteiger charge is 2.57. The average Bonchev–Trinajstić information content (AvgIpc) is 2.94. The summed E-state index contributed by atoms with van der Waals surface area (Å²) >= 11 is 11.4. The summed E-state index contributed by atoms with van der Waals surface area (Å²) < 4.78 is 49.2. The molecule has 0 heterocycles. The Morgan fingerprint density at radius 3 is 1.90 bits per heavy atom. The molecule has 3 fully saturated rings. The fraction of sp³-hybridized carbons (Fsp3) is 0.464. The Kier molecular flexibility index (Phi) is 9.93. The first-order chi connectivity index (χ1) is 19.5. The Hall–Kier alpha value is -3.15. The Bertz CT molecular complexity index is 1290. The van der Waals surface area contributed by atoms with Crippen molar-refractivity contribution in [2.45, 2.75) is 56.2 Å². The largest absolute Gasteiger partial charge is 0.484 e. The van der Waals surface area contributed by atoms with E-state index in [1.54, 1.807) is 6.92 Å². The molecule has 0 unspecified atom stereocenters. The van der Waals surface area contributed by atoms with Crippen LogP contribution in [0, 0.1) is 11.6 Å². The van der Waals surface area contributed by atoms with Crippen LogP contribution < -0.4 is 20.1 Å². The molecule has 13 heteroatoms. The summed E-state index contributed by atoms with van der Waals surface area (Å²) in [5.74, 6) is -2.55. The minimum atomic E-state index is -0.891. The predicted molar refractivity (Wildman–Crippen MR) is 145 cm³/mol. The highest BCUT2D eigenvalue weighted by molar-refractivity contribution is 6.31. The minimum Gasteiger partial charge on any atom is -0.484 e. The van der Waals surface area contributed by atoms with E-state index in [-0.39, 0.29) is 41.2 Å². The van der Waals surface area contributed by atoms with Gasteiger partial charge in [0.15, 0.2) is 13.2 Å². The van der Waals surface area contributed by atoms with Gasteiger partial charge >= 0.3 is 5.97 Å². The average molecular weight is 615 g/mol. The van der Waals surface area contributed by atoms with Crippen LogP contribution in [0.2, 0.25) is 10.0 Å². The SMILES string of the molecule is CCOCC(=O)O[C@@H]1CC2(NC(=O)COc3ccc(Cl)c(F)c3)CCC1(NC(=O)COc1ccc(Cl)c(F)c1)CC2. The second-order valence-corrected chi connectivity index (χ2v) is 10.9. The molecular formula is C28H30Cl2F2N2O7. The lowest BCUT2D eigenvalue weighted by Crippen LogP contribution is -2.71. The van der Waals surface area contributed by atoms with Gasteiger partial charge in [0, 0.05) is 30.7 Å². The number of ether oxygens (including phenoxy) is 4. The number of fused-ring (bicyclic) bond motifs is 3. The maximum Gasteiger partial charge on any atom is 0.332 e. The van der Waals surface area contributed by atoms with Crippen LogP contribution >= 0.6 is 23.2 Å². The van der Waals surface area contributed by atoms with E-state index in [4.69, 9.17) is 42.1 Å². The van der Waals surface area contributed by atoms with Crippen LogP contribution in [0.5, 0.6) is 11.5 Å². The number of carbonyl (C=O) groups excluding carboxylic acids is 3. The smallest absolute Gasteiger partial charge is 0.332 e. The van der Waals surface area contributed by atoms with Crippen LogP contribution in [-0.4, -0.2) is 61.4 Å². The molecule has 2 N–H and O–H groups in total. The molecule has 222 valence electrons. The number of nitrogens with one attached hydrogen (secondary N) is 2.